The first-order chi connectivity index (χ1) is 6.07. The van der Waals surface area contributed by atoms with Crippen molar-refractivity contribution in [1.82, 2.24) is 4.90 Å². The maximum atomic E-state index is 11.0. The molecule has 0 bridgehead atoms. The van der Waals surface area contributed by atoms with Crippen LogP contribution in [-0.4, -0.2) is 53.0 Å². The van der Waals surface area contributed by atoms with E-state index in [1.54, 1.807) is 0 Å². The molecular formula is C7H11NO5. The van der Waals surface area contributed by atoms with Crippen LogP contribution >= 0.6 is 0 Å². The smallest absolute Gasteiger partial charge is 0.410 e. The van der Waals surface area contributed by atoms with Crippen molar-refractivity contribution in [2.75, 3.05) is 13.7 Å². The second kappa shape index (κ2) is 3.61. The molecule has 6 heteroatoms. The molecule has 1 saturated heterocycles. The number of carbonyl (C=O) groups excluding carboxylic acids is 1. The fourth-order valence-electron chi connectivity index (χ4n) is 1.40. The van der Waals surface area contributed by atoms with Crippen molar-refractivity contribution < 1.29 is 24.5 Å². The summed E-state index contributed by atoms with van der Waals surface area (Å²) in [7, 11) is 1.17. The van der Waals surface area contributed by atoms with Crippen LogP contribution < -0.4 is 0 Å². The van der Waals surface area contributed by atoms with E-state index in [1.807, 2.05) is 0 Å². The summed E-state index contributed by atoms with van der Waals surface area (Å²) in [5.74, 6) is -1.21. The second-order valence-electron chi connectivity index (χ2n) is 2.80. The molecule has 1 amide bonds. The molecule has 74 valence electrons. The molecule has 6 nitrogen and oxygen atoms in total. The van der Waals surface area contributed by atoms with Gasteiger partial charge in [-0.25, -0.2) is 9.59 Å². The van der Waals surface area contributed by atoms with Crippen molar-refractivity contribution in [3.63, 3.8) is 0 Å². The lowest BCUT2D eigenvalue weighted by Crippen LogP contribution is -2.44. The number of amides is 1. The van der Waals surface area contributed by atoms with Gasteiger partial charge in [0, 0.05) is 6.54 Å². The van der Waals surface area contributed by atoms with Gasteiger partial charge in [0.05, 0.1) is 13.2 Å². The Bertz CT molecular complexity index is 229. The Balaban J connectivity index is 2.75. The van der Waals surface area contributed by atoms with E-state index in [4.69, 9.17) is 5.11 Å². The van der Waals surface area contributed by atoms with E-state index in [0.717, 1.165) is 4.90 Å². The maximum Gasteiger partial charge on any atom is 0.410 e. The number of aliphatic hydroxyl groups excluding tert-OH is 1. The molecule has 2 N–H and O–H groups in total. The van der Waals surface area contributed by atoms with E-state index in [1.165, 1.54) is 7.11 Å². The predicted molar refractivity (Wildman–Crippen MR) is 41.2 cm³/mol. The lowest BCUT2D eigenvalue weighted by Gasteiger charge is -2.20. The molecule has 0 aromatic heterocycles. The number of carbonyl (C=O) groups is 2. The largest absolute Gasteiger partial charge is 0.480 e. The average Bonchev–Trinajstić information content (AvgIpc) is 2.45. The Labute approximate surface area is 74.7 Å². The molecule has 1 aliphatic heterocycles. The number of aliphatic hydroxyl groups is 1. The Hall–Kier alpha value is -1.30. The third-order valence-corrected chi connectivity index (χ3v) is 2.03. The van der Waals surface area contributed by atoms with Crippen molar-refractivity contribution in [2.24, 2.45) is 0 Å². The highest BCUT2D eigenvalue weighted by Crippen LogP contribution is 2.18. The zero-order valence-corrected chi connectivity index (χ0v) is 7.14. The number of methoxy groups -OCH3 is 1. The summed E-state index contributed by atoms with van der Waals surface area (Å²) in [5, 5.41) is 17.9. The van der Waals surface area contributed by atoms with Crippen molar-refractivity contribution >= 4 is 12.1 Å². The lowest BCUT2D eigenvalue weighted by molar-refractivity contribution is -0.144. The number of carboxylic acids is 1. The molecule has 2 unspecified atom stereocenters. The normalized spacial score (nSPS) is 27.4. The average molecular weight is 189 g/mol. The molecule has 1 rings (SSSR count). The number of hydrogen-bond donors (Lipinski definition) is 2. The highest BCUT2D eigenvalue weighted by molar-refractivity contribution is 5.81. The van der Waals surface area contributed by atoms with Gasteiger partial charge in [0.25, 0.3) is 0 Å². The lowest BCUT2D eigenvalue weighted by atomic mass is 10.2. The fraction of sp³-hybridized carbons (Fsp3) is 0.714. The fourth-order valence-corrected chi connectivity index (χ4v) is 1.40. The Morgan fingerprint density at radius 3 is 2.62 bits per heavy atom. The number of rotatable bonds is 1. The van der Waals surface area contributed by atoms with E-state index >= 15 is 0 Å². The van der Waals surface area contributed by atoms with Gasteiger partial charge in [-0.2, -0.15) is 0 Å². The minimum Gasteiger partial charge on any atom is -0.480 e. The molecule has 1 heterocycles. The third-order valence-electron chi connectivity index (χ3n) is 2.03. The van der Waals surface area contributed by atoms with Gasteiger partial charge < -0.3 is 14.9 Å². The van der Waals surface area contributed by atoms with Crippen LogP contribution in [0, 0.1) is 0 Å². The van der Waals surface area contributed by atoms with Crippen LogP contribution in [-0.2, 0) is 9.53 Å². The molecule has 0 aliphatic carbocycles. The summed E-state index contributed by atoms with van der Waals surface area (Å²) in [6.45, 7) is 0.213. The second-order valence-corrected chi connectivity index (χ2v) is 2.80. The highest BCUT2D eigenvalue weighted by Gasteiger charge is 2.41. The minimum atomic E-state index is -1.21. The summed E-state index contributed by atoms with van der Waals surface area (Å²) < 4.78 is 4.38. The summed E-state index contributed by atoms with van der Waals surface area (Å²) in [4.78, 5) is 22.6. The van der Waals surface area contributed by atoms with E-state index in [2.05, 4.69) is 4.74 Å². The van der Waals surface area contributed by atoms with Crippen LogP contribution in [0.2, 0.25) is 0 Å². The summed E-state index contributed by atoms with van der Waals surface area (Å²) in [6, 6.07) is -1.17. The number of carboxylic acid groups (broad SMARTS) is 1. The number of nitrogens with zero attached hydrogens (tertiary/aromatic N) is 1. The first-order valence-corrected chi connectivity index (χ1v) is 3.83. The monoisotopic (exact) mass is 189 g/mol. The molecule has 2 atom stereocenters. The van der Waals surface area contributed by atoms with Crippen LogP contribution in [0.15, 0.2) is 0 Å². The Kier molecular flexibility index (Phi) is 2.72. The zero-order valence-electron chi connectivity index (χ0n) is 7.14. The van der Waals surface area contributed by atoms with Gasteiger partial charge in [-0.05, 0) is 6.42 Å². The van der Waals surface area contributed by atoms with Crippen LogP contribution in [0.4, 0.5) is 4.79 Å². The van der Waals surface area contributed by atoms with Gasteiger partial charge >= 0.3 is 12.1 Å². The van der Waals surface area contributed by atoms with Crippen molar-refractivity contribution in [2.45, 2.75) is 18.6 Å². The van der Waals surface area contributed by atoms with E-state index < -0.39 is 24.2 Å². The molecule has 0 aromatic carbocycles. The molecule has 0 spiro atoms. The van der Waals surface area contributed by atoms with E-state index in [9.17, 15) is 14.7 Å². The zero-order chi connectivity index (χ0) is 10.0. The number of hydrogen-bond acceptors (Lipinski definition) is 4. The van der Waals surface area contributed by atoms with Gasteiger partial charge in [-0.3, -0.25) is 4.90 Å². The van der Waals surface area contributed by atoms with Gasteiger partial charge in [-0.1, -0.05) is 0 Å². The minimum absolute atomic E-state index is 0.213. The standard InChI is InChI=1S/C7H11NO5/c1-13-7(12)8-3-2-4(9)5(8)6(10)11/h4-5,9H,2-3H2,1H3,(H,10,11). The maximum absolute atomic E-state index is 11.0. The van der Waals surface area contributed by atoms with Crippen LogP contribution in [0.5, 0.6) is 0 Å². The number of ether oxygens (including phenoxy) is 1. The first-order valence-electron chi connectivity index (χ1n) is 3.83. The predicted octanol–water partition coefficient (Wildman–Crippen LogP) is -0.727. The summed E-state index contributed by atoms with van der Waals surface area (Å²) in [5.41, 5.74) is 0. The molecule has 1 aliphatic rings. The molecule has 13 heavy (non-hydrogen) atoms. The quantitative estimate of drug-likeness (QED) is 0.568. The van der Waals surface area contributed by atoms with Gasteiger partial charge in [0.2, 0.25) is 0 Å². The van der Waals surface area contributed by atoms with Crippen LogP contribution in [0.1, 0.15) is 6.42 Å². The molecular weight excluding hydrogens is 178 g/mol. The molecule has 1 fully saturated rings. The first kappa shape index (κ1) is 9.79. The van der Waals surface area contributed by atoms with E-state index in [0.29, 0.717) is 0 Å². The topological polar surface area (TPSA) is 87.1 Å². The van der Waals surface area contributed by atoms with Gasteiger partial charge in [0.1, 0.15) is 0 Å². The third kappa shape index (κ3) is 1.72. The SMILES string of the molecule is COC(=O)N1CCC(O)C1C(=O)O. The highest BCUT2D eigenvalue weighted by atomic mass is 16.5. The summed E-state index contributed by atoms with van der Waals surface area (Å²) in [6.07, 6.45) is -1.45. The van der Waals surface area contributed by atoms with Crippen LogP contribution in [0.25, 0.3) is 0 Å². The molecule has 0 radical (unpaired) electrons. The van der Waals surface area contributed by atoms with Gasteiger partial charge in [-0.15, -0.1) is 0 Å². The molecule has 0 saturated carbocycles. The number of aliphatic carboxylic acids is 1. The van der Waals surface area contributed by atoms with Crippen LogP contribution in [0.3, 0.4) is 0 Å². The van der Waals surface area contributed by atoms with Gasteiger partial charge in [0.15, 0.2) is 6.04 Å². The van der Waals surface area contributed by atoms with Crippen molar-refractivity contribution in [3.8, 4) is 0 Å². The van der Waals surface area contributed by atoms with Crippen molar-refractivity contribution in [1.29, 1.82) is 0 Å². The van der Waals surface area contributed by atoms with Crippen molar-refractivity contribution in [3.05, 3.63) is 0 Å². The van der Waals surface area contributed by atoms with E-state index in [-0.39, 0.29) is 13.0 Å². The number of likely N-dealkylation sites (tertiary alicyclic amines) is 1. The molecule has 0 aromatic rings. The summed E-state index contributed by atoms with van der Waals surface area (Å²) >= 11 is 0. The Morgan fingerprint density at radius 1 is 1.54 bits per heavy atom. The Morgan fingerprint density at radius 2 is 2.15 bits per heavy atom.